The SMILES string of the molecule is Cc1cc(F)ccc1Nc1nc(N(C)c2ccccc2)c2cc(O)ccc2n1.Cl. The standard InChI is InChI=1S/C22H19FN4O.ClH/c1-14-12-15(23)8-10-19(14)24-22-25-20-11-9-17(28)13-18(20)21(26-22)27(2)16-6-4-3-5-7-16;/h3-13,28H,1-2H3,(H,24,25,26);1H. The van der Waals surface area contributed by atoms with Gasteiger partial charge in [0.15, 0.2) is 0 Å². The molecule has 29 heavy (non-hydrogen) atoms. The molecule has 4 rings (SSSR count). The summed E-state index contributed by atoms with van der Waals surface area (Å²) in [4.78, 5) is 11.2. The van der Waals surface area contributed by atoms with Crippen LogP contribution in [0.15, 0.2) is 66.7 Å². The van der Waals surface area contributed by atoms with E-state index in [1.165, 1.54) is 12.1 Å². The number of benzene rings is 3. The predicted octanol–water partition coefficient (Wildman–Crippen LogP) is 5.72. The topological polar surface area (TPSA) is 61.3 Å². The molecule has 7 heteroatoms. The first-order valence-electron chi connectivity index (χ1n) is 8.84. The summed E-state index contributed by atoms with van der Waals surface area (Å²) in [6, 6.07) is 19.3. The van der Waals surface area contributed by atoms with Gasteiger partial charge in [0.25, 0.3) is 0 Å². The zero-order valence-corrected chi connectivity index (χ0v) is 16.7. The van der Waals surface area contributed by atoms with E-state index in [0.29, 0.717) is 17.3 Å². The average Bonchev–Trinajstić information content (AvgIpc) is 2.70. The minimum Gasteiger partial charge on any atom is -0.508 e. The van der Waals surface area contributed by atoms with Crippen molar-refractivity contribution in [2.24, 2.45) is 0 Å². The summed E-state index contributed by atoms with van der Waals surface area (Å²) in [7, 11) is 1.91. The number of aromatic nitrogens is 2. The highest BCUT2D eigenvalue weighted by molar-refractivity contribution is 5.93. The summed E-state index contributed by atoms with van der Waals surface area (Å²) in [6.45, 7) is 1.82. The van der Waals surface area contributed by atoms with Gasteiger partial charge < -0.3 is 15.3 Å². The number of nitrogens with one attached hydrogen (secondary N) is 1. The Balaban J connectivity index is 0.00000240. The van der Waals surface area contributed by atoms with Gasteiger partial charge in [0, 0.05) is 23.8 Å². The van der Waals surface area contributed by atoms with E-state index < -0.39 is 0 Å². The molecule has 3 aromatic carbocycles. The number of phenolic OH excluding ortho intramolecular Hbond substituents is 1. The minimum atomic E-state index is -0.289. The maximum atomic E-state index is 13.4. The Morgan fingerprint density at radius 3 is 2.45 bits per heavy atom. The van der Waals surface area contributed by atoms with Gasteiger partial charge in [-0.1, -0.05) is 18.2 Å². The molecule has 0 saturated heterocycles. The summed E-state index contributed by atoms with van der Waals surface area (Å²) < 4.78 is 13.4. The maximum absolute atomic E-state index is 13.4. The van der Waals surface area contributed by atoms with Crippen LogP contribution in [-0.2, 0) is 0 Å². The molecule has 5 nitrogen and oxygen atoms in total. The predicted molar refractivity (Wildman–Crippen MR) is 117 cm³/mol. The van der Waals surface area contributed by atoms with Crippen LogP contribution >= 0.6 is 12.4 Å². The van der Waals surface area contributed by atoms with Gasteiger partial charge in [-0.25, -0.2) is 9.37 Å². The zero-order valence-electron chi connectivity index (χ0n) is 15.9. The molecule has 0 bridgehead atoms. The monoisotopic (exact) mass is 410 g/mol. The Kier molecular flexibility index (Phi) is 5.84. The molecule has 0 amide bonds. The number of para-hydroxylation sites is 1. The molecule has 2 N–H and O–H groups in total. The lowest BCUT2D eigenvalue weighted by Crippen LogP contribution is -2.13. The summed E-state index contributed by atoms with van der Waals surface area (Å²) in [6.07, 6.45) is 0. The van der Waals surface area contributed by atoms with Gasteiger partial charge in [0.1, 0.15) is 17.4 Å². The number of rotatable bonds is 4. The highest BCUT2D eigenvalue weighted by atomic mass is 35.5. The van der Waals surface area contributed by atoms with E-state index >= 15 is 0 Å². The van der Waals surface area contributed by atoms with Crippen molar-refractivity contribution in [3.05, 3.63) is 78.1 Å². The Labute approximate surface area is 174 Å². The molecule has 4 aromatic rings. The van der Waals surface area contributed by atoms with Gasteiger partial charge in [-0.2, -0.15) is 4.98 Å². The van der Waals surface area contributed by atoms with Crippen LogP contribution in [0, 0.1) is 12.7 Å². The molecule has 0 spiro atoms. The van der Waals surface area contributed by atoms with Crippen molar-refractivity contribution in [2.45, 2.75) is 6.92 Å². The molecule has 0 aliphatic carbocycles. The Hall–Kier alpha value is -3.38. The second-order valence-corrected chi connectivity index (χ2v) is 6.55. The Morgan fingerprint density at radius 2 is 1.72 bits per heavy atom. The molecule has 1 aromatic heterocycles. The third kappa shape index (κ3) is 4.22. The highest BCUT2D eigenvalue weighted by Gasteiger charge is 2.14. The molecular formula is C22H20ClFN4O. The summed E-state index contributed by atoms with van der Waals surface area (Å²) in [5, 5.41) is 13.9. The van der Waals surface area contributed by atoms with Gasteiger partial charge in [-0.05, 0) is 61.0 Å². The first-order valence-corrected chi connectivity index (χ1v) is 8.84. The number of nitrogens with zero attached hydrogens (tertiary/aromatic N) is 3. The molecule has 0 atom stereocenters. The van der Waals surface area contributed by atoms with Crippen molar-refractivity contribution in [1.29, 1.82) is 0 Å². The summed E-state index contributed by atoms with van der Waals surface area (Å²) >= 11 is 0. The molecule has 0 fully saturated rings. The third-order valence-corrected chi connectivity index (χ3v) is 4.56. The number of fused-ring (bicyclic) bond motifs is 1. The van der Waals surface area contributed by atoms with Crippen LogP contribution in [0.5, 0.6) is 5.75 Å². The van der Waals surface area contributed by atoms with Gasteiger partial charge in [-0.3, -0.25) is 0 Å². The second-order valence-electron chi connectivity index (χ2n) is 6.55. The van der Waals surface area contributed by atoms with Crippen LogP contribution in [0.2, 0.25) is 0 Å². The van der Waals surface area contributed by atoms with Gasteiger partial charge in [-0.15, -0.1) is 12.4 Å². The van der Waals surface area contributed by atoms with E-state index in [9.17, 15) is 9.50 Å². The van der Waals surface area contributed by atoms with E-state index in [2.05, 4.69) is 15.3 Å². The number of aromatic hydroxyl groups is 1. The first kappa shape index (κ1) is 20.4. The van der Waals surface area contributed by atoms with Crippen LogP contribution in [0.1, 0.15) is 5.56 Å². The lowest BCUT2D eigenvalue weighted by atomic mass is 10.2. The molecule has 148 valence electrons. The van der Waals surface area contributed by atoms with Crippen LogP contribution in [-0.4, -0.2) is 22.1 Å². The molecule has 0 aliphatic heterocycles. The fourth-order valence-corrected chi connectivity index (χ4v) is 3.07. The zero-order chi connectivity index (χ0) is 19.7. The lowest BCUT2D eigenvalue weighted by Gasteiger charge is -2.21. The molecule has 0 aliphatic rings. The van der Waals surface area contributed by atoms with Gasteiger partial charge in [0.05, 0.1) is 5.52 Å². The second kappa shape index (κ2) is 8.32. The molecule has 0 unspecified atom stereocenters. The summed E-state index contributed by atoms with van der Waals surface area (Å²) in [5.74, 6) is 0.899. The number of hydrogen-bond acceptors (Lipinski definition) is 5. The maximum Gasteiger partial charge on any atom is 0.229 e. The quantitative estimate of drug-likeness (QED) is 0.450. The van der Waals surface area contributed by atoms with Crippen molar-refractivity contribution >= 4 is 46.5 Å². The number of aryl methyl sites for hydroxylation is 1. The van der Waals surface area contributed by atoms with Crippen molar-refractivity contribution in [1.82, 2.24) is 9.97 Å². The lowest BCUT2D eigenvalue weighted by molar-refractivity contribution is 0.476. The number of phenols is 1. The van der Waals surface area contributed by atoms with Crippen LogP contribution in [0.4, 0.5) is 27.5 Å². The molecular weight excluding hydrogens is 391 g/mol. The normalized spacial score (nSPS) is 10.4. The average molecular weight is 411 g/mol. The highest BCUT2D eigenvalue weighted by Crippen LogP contribution is 2.32. The summed E-state index contributed by atoms with van der Waals surface area (Å²) in [5.41, 5.74) is 3.13. The Bertz CT molecular complexity index is 1150. The van der Waals surface area contributed by atoms with E-state index in [1.54, 1.807) is 24.3 Å². The smallest absolute Gasteiger partial charge is 0.229 e. The largest absolute Gasteiger partial charge is 0.508 e. The van der Waals surface area contributed by atoms with E-state index in [1.807, 2.05) is 49.2 Å². The number of halogens is 2. The fraction of sp³-hybridized carbons (Fsp3) is 0.0909. The van der Waals surface area contributed by atoms with Crippen molar-refractivity contribution in [3.63, 3.8) is 0 Å². The van der Waals surface area contributed by atoms with Crippen molar-refractivity contribution in [3.8, 4) is 5.75 Å². The van der Waals surface area contributed by atoms with Crippen molar-refractivity contribution < 1.29 is 9.50 Å². The third-order valence-electron chi connectivity index (χ3n) is 4.56. The first-order chi connectivity index (χ1) is 13.5. The van der Waals surface area contributed by atoms with Crippen LogP contribution < -0.4 is 10.2 Å². The Morgan fingerprint density at radius 1 is 0.966 bits per heavy atom. The van der Waals surface area contributed by atoms with E-state index in [0.717, 1.165) is 22.3 Å². The molecule has 1 heterocycles. The van der Waals surface area contributed by atoms with Crippen molar-refractivity contribution in [2.75, 3.05) is 17.3 Å². The van der Waals surface area contributed by atoms with E-state index in [4.69, 9.17) is 0 Å². The molecule has 0 radical (unpaired) electrons. The number of anilines is 4. The van der Waals surface area contributed by atoms with E-state index in [-0.39, 0.29) is 24.0 Å². The van der Waals surface area contributed by atoms with Gasteiger partial charge in [0.2, 0.25) is 5.95 Å². The number of hydrogen-bond donors (Lipinski definition) is 2. The van der Waals surface area contributed by atoms with Crippen LogP contribution in [0.25, 0.3) is 10.9 Å². The minimum absolute atomic E-state index is 0. The molecule has 0 saturated carbocycles. The van der Waals surface area contributed by atoms with Gasteiger partial charge >= 0.3 is 0 Å². The fourth-order valence-electron chi connectivity index (χ4n) is 3.07. The van der Waals surface area contributed by atoms with Crippen LogP contribution in [0.3, 0.4) is 0 Å².